The molecule has 0 aromatic heterocycles. The van der Waals surface area contributed by atoms with Crippen LogP contribution in [0.5, 0.6) is 0 Å². The Morgan fingerprint density at radius 2 is 2.29 bits per heavy atom. The highest BCUT2D eigenvalue weighted by Gasteiger charge is 2.32. The van der Waals surface area contributed by atoms with E-state index in [1.807, 2.05) is 18.2 Å². The van der Waals surface area contributed by atoms with Crippen molar-refractivity contribution in [1.82, 2.24) is 10.2 Å². The second-order valence-corrected chi connectivity index (χ2v) is 6.89. The maximum atomic E-state index is 6.25. The molecule has 116 valence electrons. The van der Waals surface area contributed by atoms with E-state index in [1.54, 1.807) is 0 Å². The quantitative estimate of drug-likeness (QED) is 0.915. The molecule has 2 fully saturated rings. The monoisotopic (exact) mass is 328 g/mol. The van der Waals surface area contributed by atoms with Crippen LogP contribution in [0, 0.1) is 0 Å². The number of fused-ring (bicyclic) bond motifs is 1. The Labute approximate surface area is 136 Å². The first-order valence-corrected chi connectivity index (χ1v) is 8.43. The maximum absolute atomic E-state index is 6.25. The van der Waals surface area contributed by atoms with Gasteiger partial charge in [0, 0.05) is 35.2 Å². The molecule has 3 unspecified atom stereocenters. The van der Waals surface area contributed by atoms with Crippen LogP contribution >= 0.6 is 23.2 Å². The molecule has 0 aliphatic carbocycles. The number of benzene rings is 1. The number of morpholine rings is 1. The lowest BCUT2D eigenvalue weighted by Gasteiger charge is -2.35. The Balaban J connectivity index is 1.53. The van der Waals surface area contributed by atoms with Gasteiger partial charge in [0.15, 0.2) is 0 Å². The molecule has 2 saturated heterocycles. The SMILES string of the molecule is CC(NCC1CN2CCCC2CO1)c1cc(Cl)ccc1Cl. The first kappa shape index (κ1) is 15.6. The Hall–Kier alpha value is -0.320. The third-order valence-corrected chi connectivity index (χ3v) is 5.12. The second kappa shape index (κ2) is 6.84. The first-order valence-electron chi connectivity index (χ1n) is 7.67. The number of rotatable bonds is 4. The summed E-state index contributed by atoms with van der Waals surface area (Å²) in [6.45, 7) is 6.08. The first-order chi connectivity index (χ1) is 10.1. The van der Waals surface area contributed by atoms with E-state index in [9.17, 15) is 0 Å². The maximum Gasteiger partial charge on any atom is 0.0827 e. The Morgan fingerprint density at radius 3 is 3.14 bits per heavy atom. The van der Waals surface area contributed by atoms with Gasteiger partial charge in [-0.15, -0.1) is 0 Å². The third-order valence-electron chi connectivity index (χ3n) is 4.54. The standard InChI is InChI=1S/C16H22Cl2N2O/c1-11(15-7-12(17)4-5-16(15)18)19-8-14-9-20-6-2-3-13(20)10-21-14/h4-5,7,11,13-14,19H,2-3,6,8-10H2,1H3. The molecule has 2 aliphatic rings. The summed E-state index contributed by atoms with van der Waals surface area (Å²) in [6.07, 6.45) is 2.86. The van der Waals surface area contributed by atoms with Gasteiger partial charge in [0.1, 0.15) is 0 Å². The zero-order valence-corrected chi connectivity index (χ0v) is 13.8. The van der Waals surface area contributed by atoms with Gasteiger partial charge < -0.3 is 10.1 Å². The summed E-state index contributed by atoms with van der Waals surface area (Å²) in [4.78, 5) is 2.56. The molecule has 5 heteroatoms. The van der Waals surface area contributed by atoms with E-state index < -0.39 is 0 Å². The highest BCUT2D eigenvalue weighted by molar-refractivity contribution is 6.33. The van der Waals surface area contributed by atoms with E-state index in [0.717, 1.165) is 35.3 Å². The Bertz CT molecular complexity index is 497. The molecule has 3 rings (SSSR count). The van der Waals surface area contributed by atoms with E-state index in [2.05, 4.69) is 17.1 Å². The van der Waals surface area contributed by atoms with Crippen LogP contribution in [0.3, 0.4) is 0 Å². The van der Waals surface area contributed by atoms with E-state index in [0.29, 0.717) is 6.04 Å². The van der Waals surface area contributed by atoms with Crippen molar-refractivity contribution in [2.75, 3.05) is 26.2 Å². The Morgan fingerprint density at radius 1 is 1.43 bits per heavy atom. The molecule has 1 aromatic rings. The van der Waals surface area contributed by atoms with Crippen LogP contribution in [-0.2, 0) is 4.74 Å². The summed E-state index contributed by atoms with van der Waals surface area (Å²) >= 11 is 12.3. The zero-order chi connectivity index (χ0) is 14.8. The lowest BCUT2D eigenvalue weighted by atomic mass is 10.1. The molecule has 2 heterocycles. The molecular weight excluding hydrogens is 307 g/mol. The van der Waals surface area contributed by atoms with Crippen LogP contribution in [0.4, 0.5) is 0 Å². The minimum Gasteiger partial charge on any atom is -0.374 e. The normalized spacial score (nSPS) is 27.6. The molecule has 3 atom stereocenters. The van der Waals surface area contributed by atoms with Crippen molar-refractivity contribution in [3.8, 4) is 0 Å². The highest BCUT2D eigenvalue weighted by Crippen LogP contribution is 2.27. The van der Waals surface area contributed by atoms with Gasteiger partial charge in [-0.3, -0.25) is 4.90 Å². The average Bonchev–Trinajstić information content (AvgIpc) is 2.94. The number of hydrogen-bond acceptors (Lipinski definition) is 3. The van der Waals surface area contributed by atoms with Gasteiger partial charge in [0.05, 0.1) is 12.7 Å². The van der Waals surface area contributed by atoms with Crippen LogP contribution in [-0.4, -0.2) is 43.3 Å². The van der Waals surface area contributed by atoms with Gasteiger partial charge in [0.2, 0.25) is 0 Å². The highest BCUT2D eigenvalue weighted by atomic mass is 35.5. The van der Waals surface area contributed by atoms with Gasteiger partial charge >= 0.3 is 0 Å². The predicted molar refractivity (Wildman–Crippen MR) is 87.2 cm³/mol. The summed E-state index contributed by atoms with van der Waals surface area (Å²) in [7, 11) is 0. The van der Waals surface area contributed by atoms with Crippen LogP contribution in [0.15, 0.2) is 18.2 Å². The number of nitrogens with zero attached hydrogens (tertiary/aromatic N) is 1. The van der Waals surface area contributed by atoms with Crippen molar-refractivity contribution >= 4 is 23.2 Å². The fraction of sp³-hybridized carbons (Fsp3) is 0.625. The summed E-state index contributed by atoms with van der Waals surface area (Å²) in [6, 6.07) is 6.42. The largest absolute Gasteiger partial charge is 0.374 e. The lowest BCUT2D eigenvalue weighted by Crippen LogP contribution is -2.49. The number of hydrogen-bond donors (Lipinski definition) is 1. The minimum atomic E-state index is 0.163. The topological polar surface area (TPSA) is 24.5 Å². The molecule has 0 spiro atoms. The average molecular weight is 329 g/mol. The van der Waals surface area contributed by atoms with Crippen LogP contribution in [0.2, 0.25) is 10.0 Å². The van der Waals surface area contributed by atoms with Crippen LogP contribution in [0.1, 0.15) is 31.4 Å². The van der Waals surface area contributed by atoms with E-state index in [-0.39, 0.29) is 12.1 Å². The molecule has 0 radical (unpaired) electrons. The summed E-state index contributed by atoms with van der Waals surface area (Å²) in [5, 5.41) is 4.99. The Kier molecular flexibility index (Phi) is 5.07. The molecule has 0 bridgehead atoms. The van der Waals surface area contributed by atoms with E-state index >= 15 is 0 Å². The van der Waals surface area contributed by atoms with Gasteiger partial charge in [-0.05, 0) is 50.1 Å². The van der Waals surface area contributed by atoms with E-state index in [1.165, 1.54) is 19.4 Å². The van der Waals surface area contributed by atoms with Crippen molar-refractivity contribution in [3.63, 3.8) is 0 Å². The van der Waals surface area contributed by atoms with Crippen LogP contribution in [0.25, 0.3) is 0 Å². The second-order valence-electron chi connectivity index (χ2n) is 6.04. The minimum absolute atomic E-state index is 0.163. The molecule has 0 saturated carbocycles. The molecule has 3 nitrogen and oxygen atoms in total. The van der Waals surface area contributed by atoms with Crippen molar-refractivity contribution in [2.45, 2.75) is 38.0 Å². The molecule has 1 N–H and O–H groups in total. The summed E-state index contributed by atoms with van der Waals surface area (Å²) < 4.78 is 5.97. The van der Waals surface area contributed by atoms with Gasteiger partial charge in [-0.25, -0.2) is 0 Å². The zero-order valence-electron chi connectivity index (χ0n) is 12.3. The van der Waals surface area contributed by atoms with E-state index in [4.69, 9.17) is 27.9 Å². The molecule has 21 heavy (non-hydrogen) atoms. The van der Waals surface area contributed by atoms with Gasteiger partial charge in [0.25, 0.3) is 0 Å². The van der Waals surface area contributed by atoms with Crippen molar-refractivity contribution in [2.24, 2.45) is 0 Å². The molecule has 1 aromatic carbocycles. The number of nitrogens with one attached hydrogen (secondary N) is 1. The summed E-state index contributed by atoms with van der Waals surface area (Å²) in [5.41, 5.74) is 1.04. The summed E-state index contributed by atoms with van der Waals surface area (Å²) in [5.74, 6) is 0. The van der Waals surface area contributed by atoms with Gasteiger partial charge in [-0.2, -0.15) is 0 Å². The fourth-order valence-corrected chi connectivity index (χ4v) is 3.74. The fourth-order valence-electron chi connectivity index (χ4n) is 3.27. The predicted octanol–water partition coefficient (Wildman–Crippen LogP) is 3.51. The van der Waals surface area contributed by atoms with Crippen LogP contribution < -0.4 is 5.32 Å². The smallest absolute Gasteiger partial charge is 0.0827 e. The van der Waals surface area contributed by atoms with Crippen molar-refractivity contribution in [3.05, 3.63) is 33.8 Å². The van der Waals surface area contributed by atoms with Crippen molar-refractivity contribution < 1.29 is 4.74 Å². The van der Waals surface area contributed by atoms with Crippen molar-refractivity contribution in [1.29, 1.82) is 0 Å². The lowest BCUT2D eigenvalue weighted by molar-refractivity contribution is -0.0477. The molecule has 0 amide bonds. The molecular formula is C16H22Cl2N2O. The number of halogens is 2. The van der Waals surface area contributed by atoms with Gasteiger partial charge in [-0.1, -0.05) is 23.2 Å². The number of ether oxygens (including phenoxy) is 1. The molecule has 2 aliphatic heterocycles. The third kappa shape index (κ3) is 3.72.